The van der Waals surface area contributed by atoms with Crippen molar-refractivity contribution in [3.05, 3.63) is 33.6 Å². The molecule has 5 nitrogen and oxygen atoms in total. The third-order valence-electron chi connectivity index (χ3n) is 3.53. The van der Waals surface area contributed by atoms with Crippen LogP contribution in [0.25, 0.3) is 0 Å². The number of phenolic OH excluding ortho intramolecular Hbond substituents is 1. The first-order valence-electron chi connectivity index (χ1n) is 5.37. The van der Waals surface area contributed by atoms with Gasteiger partial charge in [-0.1, -0.05) is 6.42 Å². The Balaban J connectivity index is 2.54. The molecule has 92 valence electrons. The van der Waals surface area contributed by atoms with Crippen molar-refractivity contribution in [2.75, 3.05) is 6.54 Å². The second-order valence-electron chi connectivity index (χ2n) is 4.42. The number of benzene rings is 1. The van der Waals surface area contributed by atoms with Gasteiger partial charge in [0.05, 0.1) is 4.92 Å². The molecule has 1 aliphatic carbocycles. The average molecular weight is 240 g/mol. The zero-order chi connectivity index (χ0) is 12.6. The number of nitro benzene ring substituents is 1. The molecule has 6 heteroatoms. The molecular weight excluding hydrogens is 227 g/mol. The van der Waals surface area contributed by atoms with Crippen LogP contribution in [0.1, 0.15) is 24.8 Å². The summed E-state index contributed by atoms with van der Waals surface area (Å²) < 4.78 is 13.3. The fraction of sp³-hybridized carbons (Fsp3) is 0.455. The second-order valence-corrected chi connectivity index (χ2v) is 4.42. The van der Waals surface area contributed by atoms with E-state index in [1.54, 1.807) is 0 Å². The van der Waals surface area contributed by atoms with Crippen LogP contribution in [0.4, 0.5) is 10.1 Å². The van der Waals surface area contributed by atoms with Crippen LogP contribution in [0.15, 0.2) is 12.1 Å². The van der Waals surface area contributed by atoms with Crippen LogP contribution in [0.2, 0.25) is 0 Å². The third kappa shape index (κ3) is 1.74. The number of nitrogens with two attached hydrogens (primary N) is 1. The van der Waals surface area contributed by atoms with Gasteiger partial charge in [-0.2, -0.15) is 4.39 Å². The molecule has 1 fully saturated rings. The van der Waals surface area contributed by atoms with Crippen molar-refractivity contribution in [1.29, 1.82) is 0 Å². The van der Waals surface area contributed by atoms with Crippen LogP contribution in [0.5, 0.6) is 5.75 Å². The first-order chi connectivity index (χ1) is 8.00. The highest BCUT2D eigenvalue weighted by molar-refractivity contribution is 5.49. The quantitative estimate of drug-likeness (QED) is 0.623. The van der Waals surface area contributed by atoms with E-state index in [-0.39, 0.29) is 5.75 Å². The predicted octanol–water partition coefficient (Wildman–Crippen LogP) is 1.82. The number of halogens is 1. The number of nitro groups is 1. The minimum atomic E-state index is -1.03. The number of aromatic hydroxyl groups is 1. The van der Waals surface area contributed by atoms with Gasteiger partial charge >= 0.3 is 5.69 Å². The normalized spacial score (nSPS) is 17.5. The maximum Gasteiger partial charge on any atom is 0.305 e. The molecule has 1 aromatic rings. The van der Waals surface area contributed by atoms with Gasteiger partial charge in [0.15, 0.2) is 0 Å². The Kier molecular flexibility index (Phi) is 2.74. The monoisotopic (exact) mass is 240 g/mol. The molecule has 0 atom stereocenters. The van der Waals surface area contributed by atoms with Crippen LogP contribution in [0.3, 0.4) is 0 Å². The summed E-state index contributed by atoms with van der Waals surface area (Å²) in [5, 5.41) is 20.4. The SMILES string of the molecule is NCC1(c2cc([N+](=O)[O-])c(F)cc2O)CCC1. The Morgan fingerprint density at radius 1 is 1.53 bits per heavy atom. The van der Waals surface area contributed by atoms with Gasteiger partial charge in [0, 0.05) is 29.7 Å². The Morgan fingerprint density at radius 2 is 2.18 bits per heavy atom. The molecular formula is C11H13FN2O3. The van der Waals surface area contributed by atoms with Gasteiger partial charge in [-0.05, 0) is 12.8 Å². The second kappa shape index (κ2) is 3.96. The van der Waals surface area contributed by atoms with Crippen molar-refractivity contribution in [3.8, 4) is 5.75 Å². The molecule has 1 aromatic carbocycles. The molecule has 0 unspecified atom stereocenters. The van der Waals surface area contributed by atoms with Crippen molar-refractivity contribution in [2.24, 2.45) is 5.73 Å². The van der Waals surface area contributed by atoms with Gasteiger partial charge in [-0.25, -0.2) is 0 Å². The zero-order valence-electron chi connectivity index (χ0n) is 9.15. The molecule has 3 N–H and O–H groups in total. The molecule has 1 saturated carbocycles. The molecule has 0 heterocycles. The number of rotatable bonds is 3. The number of hydrogen-bond donors (Lipinski definition) is 2. The molecule has 2 rings (SSSR count). The lowest BCUT2D eigenvalue weighted by Crippen LogP contribution is -2.41. The third-order valence-corrected chi connectivity index (χ3v) is 3.53. The van der Waals surface area contributed by atoms with E-state index in [1.807, 2.05) is 0 Å². The molecule has 0 radical (unpaired) electrons. The van der Waals surface area contributed by atoms with Gasteiger partial charge in [0.2, 0.25) is 5.82 Å². The topological polar surface area (TPSA) is 89.4 Å². The highest BCUT2D eigenvalue weighted by atomic mass is 19.1. The van der Waals surface area contributed by atoms with E-state index in [2.05, 4.69) is 0 Å². The van der Waals surface area contributed by atoms with Crippen LogP contribution >= 0.6 is 0 Å². The van der Waals surface area contributed by atoms with E-state index >= 15 is 0 Å². The van der Waals surface area contributed by atoms with E-state index in [0.717, 1.165) is 31.4 Å². The highest BCUT2D eigenvalue weighted by Crippen LogP contribution is 2.47. The van der Waals surface area contributed by atoms with Crippen molar-refractivity contribution < 1.29 is 14.4 Å². The molecule has 17 heavy (non-hydrogen) atoms. The molecule has 0 aliphatic heterocycles. The molecule has 0 spiro atoms. The zero-order valence-corrected chi connectivity index (χ0v) is 9.15. The van der Waals surface area contributed by atoms with Gasteiger partial charge < -0.3 is 10.8 Å². The maximum absolute atomic E-state index is 13.3. The fourth-order valence-electron chi connectivity index (χ4n) is 2.30. The standard InChI is InChI=1S/C11H13FN2O3/c12-8-5-10(15)7(4-9(8)14(16)17)11(6-13)2-1-3-11/h4-5,15H,1-3,6,13H2. The lowest BCUT2D eigenvalue weighted by molar-refractivity contribution is -0.387. The fourth-order valence-corrected chi connectivity index (χ4v) is 2.30. The average Bonchev–Trinajstić information content (AvgIpc) is 2.19. The van der Waals surface area contributed by atoms with Crippen molar-refractivity contribution in [1.82, 2.24) is 0 Å². The molecule has 0 saturated heterocycles. The lowest BCUT2D eigenvalue weighted by Gasteiger charge is -2.41. The van der Waals surface area contributed by atoms with Crippen molar-refractivity contribution in [2.45, 2.75) is 24.7 Å². The highest BCUT2D eigenvalue weighted by Gasteiger charge is 2.40. The van der Waals surface area contributed by atoms with Crippen molar-refractivity contribution >= 4 is 5.69 Å². The summed E-state index contributed by atoms with van der Waals surface area (Å²) in [6.07, 6.45) is 2.49. The predicted molar refractivity (Wildman–Crippen MR) is 59.3 cm³/mol. The Morgan fingerprint density at radius 3 is 2.59 bits per heavy atom. The first-order valence-corrected chi connectivity index (χ1v) is 5.37. The first kappa shape index (κ1) is 11.8. The summed E-state index contributed by atoms with van der Waals surface area (Å²) in [4.78, 5) is 9.87. The van der Waals surface area contributed by atoms with E-state index in [1.165, 1.54) is 0 Å². The minimum Gasteiger partial charge on any atom is -0.508 e. The Labute approximate surface area is 97.2 Å². The van der Waals surface area contributed by atoms with E-state index in [4.69, 9.17) is 5.73 Å². The summed E-state index contributed by atoms with van der Waals surface area (Å²) >= 11 is 0. The number of nitrogens with zero attached hydrogens (tertiary/aromatic N) is 1. The van der Waals surface area contributed by atoms with Crippen LogP contribution in [-0.4, -0.2) is 16.6 Å². The molecule has 0 aromatic heterocycles. The summed E-state index contributed by atoms with van der Waals surface area (Å²) in [6.45, 7) is 0.295. The Hall–Kier alpha value is -1.69. The maximum atomic E-state index is 13.3. The molecule has 0 amide bonds. The smallest absolute Gasteiger partial charge is 0.305 e. The van der Waals surface area contributed by atoms with Gasteiger partial charge in [-0.3, -0.25) is 10.1 Å². The number of phenols is 1. The summed E-state index contributed by atoms with van der Waals surface area (Å²) in [7, 11) is 0. The summed E-state index contributed by atoms with van der Waals surface area (Å²) in [6, 6.07) is 1.90. The summed E-state index contributed by atoms with van der Waals surface area (Å²) in [5.41, 5.74) is 5.01. The lowest BCUT2D eigenvalue weighted by atomic mass is 9.64. The van der Waals surface area contributed by atoms with Crippen molar-refractivity contribution in [3.63, 3.8) is 0 Å². The van der Waals surface area contributed by atoms with Crippen LogP contribution < -0.4 is 5.73 Å². The van der Waals surface area contributed by atoms with E-state index in [9.17, 15) is 19.6 Å². The Bertz CT molecular complexity index is 467. The van der Waals surface area contributed by atoms with E-state index < -0.39 is 21.8 Å². The van der Waals surface area contributed by atoms with Gasteiger partial charge in [0.25, 0.3) is 0 Å². The van der Waals surface area contributed by atoms with Crippen LogP contribution in [0, 0.1) is 15.9 Å². The van der Waals surface area contributed by atoms with Crippen LogP contribution in [-0.2, 0) is 5.41 Å². The van der Waals surface area contributed by atoms with E-state index in [0.29, 0.717) is 12.1 Å². The summed E-state index contributed by atoms with van der Waals surface area (Å²) in [5.74, 6) is -1.28. The molecule has 0 bridgehead atoms. The van der Waals surface area contributed by atoms with Gasteiger partial charge in [0.1, 0.15) is 5.75 Å². The largest absolute Gasteiger partial charge is 0.508 e. The van der Waals surface area contributed by atoms with Gasteiger partial charge in [-0.15, -0.1) is 0 Å². The molecule has 1 aliphatic rings. The number of hydrogen-bond acceptors (Lipinski definition) is 4. The minimum absolute atomic E-state index is 0.252.